The first kappa shape index (κ1) is 23.9. The zero-order valence-electron chi connectivity index (χ0n) is 17.9. The van der Waals surface area contributed by atoms with Crippen LogP contribution in [0.3, 0.4) is 0 Å². The number of hydrogen-bond acceptors (Lipinski definition) is 4. The van der Waals surface area contributed by atoms with Crippen LogP contribution in [0.2, 0.25) is 0 Å². The molecule has 0 aromatic heterocycles. The number of rotatable bonds is 7. The molecule has 0 unspecified atom stereocenters. The minimum atomic E-state index is -0.456. The lowest BCUT2D eigenvalue weighted by Crippen LogP contribution is -2.16. The van der Waals surface area contributed by atoms with Gasteiger partial charge >= 0.3 is 11.9 Å². The van der Waals surface area contributed by atoms with Crippen molar-refractivity contribution in [2.75, 3.05) is 0 Å². The smallest absolute Gasteiger partial charge is 0.343 e. The van der Waals surface area contributed by atoms with Crippen LogP contribution in [0.25, 0.3) is 0 Å². The Morgan fingerprint density at radius 1 is 0.500 bits per heavy atom. The van der Waals surface area contributed by atoms with Gasteiger partial charge in [0, 0.05) is 0 Å². The van der Waals surface area contributed by atoms with E-state index in [0.29, 0.717) is 22.6 Å². The molecule has 0 aliphatic rings. The number of para-hydroxylation sites is 2. The maximum Gasteiger partial charge on any atom is 0.343 e. The van der Waals surface area contributed by atoms with Gasteiger partial charge in [0.25, 0.3) is 0 Å². The molecule has 0 bridgehead atoms. The second kappa shape index (κ2) is 11.3. The van der Waals surface area contributed by atoms with Crippen molar-refractivity contribution in [1.82, 2.24) is 0 Å². The van der Waals surface area contributed by atoms with Gasteiger partial charge in [-0.2, -0.15) is 0 Å². The summed E-state index contributed by atoms with van der Waals surface area (Å²) in [5.41, 5.74) is 2.33. The summed E-state index contributed by atoms with van der Waals surface area (Å²) in [5, 5.41) is 0. The van der Waals surface area contributed by atoms with E-state index in [-0.39, 0.29) is 9.65 Å². The van der Waals surface area contributed by atoms with Gasteiger partial charge in [-0.15, -0.1) is 0 Å². The van der Waals surface area contributed by atoms with Gasteiger partial charge in [0.05, 0.1) is 20.8 Å². The fraction of sp³-hybridized carbons (Fsp3) is 0.0714. The molecule has 0 spiro atoms. The Balaban J connectivity index is 1.60. The quantitative estimate of drug-likeness (QED) is 0.128. The Morgan fingerprint density at radius 3 is 1.21 bits per heavy atom. The molecule has 0 amide bonds. The van der Waals surface area contributed by atoms with Crippen LogP contribution in [-0.2, 0) is 0 Å². The molecule has 4 nitrogen and oxygen atoms in total. The second-order valence-corrected chi connectivity index (χ2v) is 9.36. The molecule has 0 radical (unpaired) electrons. The molecule has 0 aliphatic heterocycles. The summed E-state index contributed by atoms with van der Waals surface area (Å²) < 4.78 is 11.1. The van der Waals surface area contributed by atoms with Gasteiger partial charge in [0.1, 0.15) is 11.5 Å². The van der Waals surface area contributed by atoms with Crippen LogP contribution in [0.15, 0.2) is 109 Å². The SMILES string of the molecule is O=C(Oc1ccccc1)c1ccccc1[C@@H](Br)[C@@H](Br)c1ccccc1C(=O)Oc1ccccc1. The number of benzene rings is 4. The highest BCUT2D eigenvalue weighted by Crippen LogP contribution is 2.44. The number of carbonyl (C=O) groups excluding carboxylic acids is 2. The fourth-order valence-electron chi connectivity index (χ4n) is 3.46. The molecule has 0 heterocycles. The fourth-order valence-corrected chi connectivity index (χ4v) is 4.83. The van der Waals surface area contributed by atoms with Crippen molar-refractivity contribution in [3.63, 3.8) is 0 Å². The van der Waals surface area contributed by atoms with E-state index in [0.717, 1.165) is 11.1 Å². The largest absolute Gasteiger partial charge is 0.423 e. The van der Waals surface area contributed by atoms with Gasteiger partial charge in [-0.05, 0) is 47.5 Å². The van der Waals surface area contributed by atoms with Crippen molar-refractivity contribution >= 4 is 43.8 Å². The highest BCUT2D eigenvalue weighted by molar-refractivity contribution is 9.12. The maximum atomic E-state index is 12.9. The Morgan fingerprint density at radius 2 is 0.824 bits per heavy atom. The zero-order chi connectivity index (χ0) is 23.9. The van der Waals surface area contributed by atoms with Crippen molar-refractivity contribution < 1.29 is 19.1 Å². The van der Waals surface area contributed by atoms with Gasteiger partial charge in [0.15, 0.2) is 0 Å². The topological polar surface area (TPSA) is 52.6 Å². The summed E-state index contributed by atoms with van der Waals surface area (Å²) >= 11 is 7.47. The van der Waals surface area contributed by atoms with Gasteiger partial charge < -0.3 is 9.47 Å². The maximum absolute atomic E-state index is 12.9. The Labute approximate surface area is 214 Å². The number of alkyl halides is 2. The molecule has 34 heavy (non-hydrogen) atoms. The molecule has 170 valence electrons. The summed E-state index contributed by atoms with van der Waals surface area (Å²) in [7, 11) is 0. The van der Waals surface area contributed by atoms with E-state index in [1.807, 2.05) is 60.7 Å². The molecule has 6 heteroatoms. The highest BCUT2D eigenvalue weighted by Gasteiger charge is 2.28. The average Bonchev–Trinajstić information content (AvgIpc) is 2.89. The van der Waals surface area contributed by atoms with Crippen molar-refractivity contribution in [3.05, 3.63) is 131 Å². The van der Waals surface area contributed by atoms with Gasteiger partial charge in [-0.3, -0.25) is 0 Å². The first-order valence-electron chi connectivity index (χ1n) is 10.5. The summed E-state index contributed by atoms with van der Waals surface area (Å²) in [5.74, 6) is 0.0288. The van der Waals surface area contributed by atoms with Gasteiger partial charge in [-0.25, -0.2) is 9.59 Å². The average molecular weight is 580 g/mol. The summed E-state index contributed by atoms with van der Waals surface area (Å²) in [4.78, 5) is 25.2. The number of hydrogen-bond donors (Lipinski definition) is 0. The van der Waals surface area contributed by atoms with E-state index < -0.39 is 11.9 Å². The molecular formula is C28H20Br2O4. The minimum Gasteiger partial charge on any atom is -0.423 e. The lowest BCUT2D eigenvalue weighted by Gasteiger charge is -2.22. The first-order valence-corrected chi connectivity index (χ1v) is 12.4. The second-order valence-electron chi connectivity index (χ2n) is 7.38. The number of esters is 2. The van der Waals surface area contributed by atoms with E-state index >= 15 is 0 Å². The molecular weight excluding hydrogens is 560 g/mol. The van der Waals surface area contributed by atoms with Gasteiger partial charge in [0.2, 0.25) is 0 Å². The Hall–Kier alpha value is -3.22. The van der Waals surface area contributed by atoms with E-state index in [9.17, 15) is 9.59 Å². The third-order valence-corrected chi connectivity index (χ3v) is 7.87. The number of ether oxygens (including phenoxy) is 2. The van der Waals surface area contributed by atoms with E-state index in [2.05, 4.69) is 31.9 Å². The van der Waals surface area contributed by atoms with Crippen molar-refractivity contribution in [2.45, 2.75) is 9.65 Å². The minimum absolute atomic E-state index is 0.335. The predicted molar refractivity (Wildman–Crippen MR) is 139 cm³/mol. The van der Waals surface area contributed by atoms with Gasteiger partial charge in [-0.1, -0.05) is 105 Å². The van der Waals surface area contributed by atoms with Crippen LogP contribution in [0.1, 0.15) is 41.5 Å². The molecule has 4 aromatic rings. The lowest BCUT2D eigenvalue weighted by molar-refractivity contribution is 0.0723. The molecule has 0 saturated heterocycles. The molecule has 4 rings (SSSR count). The third-order valence-electron chi connectivity index (χ3n) is 5.12. The van der Waals surface area contributed by atoms with E-state index in [1.165, 1.54) is 0 Å². The molecule has 4 aromatic carbocycles. The zero-order valence-corrected chi connectivity index (χ0v) is 21.1. The van der Waals surface area contributed by atoms with Crippen LogP contribution in [-0.4, -0.2) is 11.9 Å². The van der Waals surface area contributed by atoms with Crippen LogP contribution >= 0.6 is 31.9 Å². The third kappa shape index (κ3) is 5.64. The predicted octanol–water partition coefficient (Wildman–Crippen LogP) is 7.70. The number of carbonyl (C=O) groups is 2. The lowest BCUT2D eigenvalue weighted by atomic mass is 9.96. The number of halogens is 2. The van der Waals surface area contributed by atoms with Crippen molar-refractivity contribution in [2.24, 2.45) is 0 Å². The van der Waals surface area contributed by atoms with E-state index in [4.69, 9.17) is 9.47 Å². The standard InChI is InChI=1S/C28H20Br2O4/c29-25(21-15-7-9-17-23(21)27(31)33-19-11-3-1-4-12-19)26(30)22-16-8-10-18-24(22)28(32)34-20-13-5-2-6-14-20/h1-18,25-26H/t25-,26+. The molecule has 2 atom stereocenters. The molecule has 0 fully saturated rings. The van der Waals surface area contributed by atoms with E-state index in [1.54, 1.807) is 48.5 Å². The monoisotopic (exact) mass is 578 g/mol. The van der Waals surface area contributed by atoms with Crippen molar-refractivity contribution in [1.29, 1.82) is 0 Å². The van der Waals surface area contributed by atoms with Crippen LogP contribution in [0.4, 0.5) is 0 Å². The summed E-state index contributed by atoms with van der Waals surface area (Å²) in [6.45, 7) is 0. The Bertz CT molecular complexity index is 1170. The first-order chi connectivity index (χ1) is 16.5. The van der Waals surface area contributed by atoms with Crippen LogP contribution < -0.4 is 9.47 Å². The normalized spacial score (nSPS) is 12.4. The highest BCUT2D eigenvalue weighted by atomic mass is 79.9. The van der Waals surface area contributed by atoms with Crippen LogP contribution in [0, 0.1) is 0 Å². The summed E-state index contributed by atoms with van der Waals surface area (Å²) in [6.07, 6.45) is 0. The molecule has 0 saturated carbocycles. The van der Waals surface area contributed by atoms with Crippen LogP contribution in [0.5, 0.6) is 11.5 Å². The molecule has 0 N–H and O–H groups in total. The Kier molecular flexibility index (Phi) is 7.93. The molecule has 0 aliphatic carbocycles. The summed E-state index contributed by atoms with van der Waals surface area (Å²) in [6, 6.07) is 32.3. The van der Waals surface area contributed by atoms with Crippen molar-refractivity contribution in [3.8, 4) is 11.5 Å².